The van der Waals surface area contributed by atoms with Gasteiger partial charge in [0.15, 0.2) is 6.10 Å². The van der Waals surface area contributed by atoms with Gasteiger partial charge < -0.3 is 14.2 Å². The summed E-state index contributed by atoms with van der Waals surface area (Å²) in [5.41, 5.74) is 0. The maximum atomic E-state index is 12.9. The summed E-state index contributed by atoms with van der Waals surface area (Å²) < 4.78 is 16.9. The van der Waals surface area contributed by atoms with E-state index in [0.717, 1.165) is 96.3 Å². The van der Waals surface area contributed by atoms with Gasteiger partial charge in [0.1, 0.15) is 13.2 Å². The molecule has 0 aromatic rings. The Bertz CT molecular complexity index is 1430. The molecular weight excluding hydrogens is 925 g/mol. The van der Waals surface area contributed by atoms with Crippen molar-refractivity contribution >= 4 is 17.9 Å². The number of allylic oxidation sites excluding steroid dienone is 14. The summed E-state index contributed by atoms with van der Waals surface area (Å²) in [6.45, 7) is 6.45. The molecule has 0 radical (unpaired) electrons. The second-order valence-electron chi connectivity index (χ2n) is 21.3. The Kier molecular flexibility index (Phi) is 60.3. The lowest BCUT2D eigenvalue weighted by Gasteiger charge is -2.18. The fourth-order valence-corrected chi connectivity index (χ4v) is 9.12. The van der Waals surface area contributed by atoms with E-state index in [4.69, 9.17) is 14.2 Å². The fraction of sp³-hybridized carbons (Fsp3) is 0.754. The first kappa shape index (κ1) is 71.6. The number of esters is 3. The highest BCUT2D eigenvalue weighted by Gasteiger charge is 2.19. The lowest BCUT2D eigenvalue weighted by Crippen LogP contribution is -2.30. The first-order chi connectivity index (χ1) is 37.0. The molecule has 0 bridgehead atoms. The third-order valence-electron chi connectivity index (χ3n) is 13.9. The molecular formula is C69H120O6. The van der Waals surface area contributed by atoms with Crippen molar-refractivity contribution in [1.29, 1.82) is 0 Å². The van der Waals surface area contributed by atoms with E-state index in [1.54, 1.807) is 0 Å². The van der Waals surface area contributed by atoms with E-state index < -0.39 is 6.10 Å². The molecule has 6 heteroatoms. The lowest BCUT2D eigenvalue weighted by atomic mass is 10.1. The summed E-state index contributed by atoms with van der Waals surface area (Å²) in [6.07, 6.45) is 83.0. The van der Waals surface area contributed by atoms with Crippen molar-refractivity contribution in [3.8, 4) is 0 Å². The second kappa shape index (κ2) is 63.1. The highest BCUT2D eigenvalue weighted by atomic mass is 16.6. The molecule has 0 aromatic heterocycles. The normalized spacial score (nSPS) is 12.6. The van der Waals surface area contributed by atoms with Crippen LogP contribution in [0, 0.1) is 0 Å². The van der Waals surface area contributed by atoms with Gasteiger partial charge in [-0.25, -0.2) is 0 Å². The molecule has 0 spiro atoms. The summed E-state index contributed by atoms with van der Waals surface area (Å²) in [5.74, 6) is -0.883. The van der Waals surface area contributed by atoms with Crippen molar-refractivity contribution in [2.75, 3.05) is 13.2 Å². The van der Waals surface area contributed by atoms with E-state index >= 15 is 0 Å². The third-order valence-corrected chi connectivity index (χ3v) is 13.9. The summed E-state index contributed by atoms with van der Waals surface area (Å²) in [6, 6.07) is 0. The third kappa shape index (κ3) is 61.3. The van der Waals surface area contributed by atoms with Crippen molar-refractivity contribution in [2.24, 2.45) is 0 Å². The van der Waals surface area contributed by atoms with Crippen LogP contribution < -0.4 is 0 Å². The number of ether oxygens (including phenoxy) is 3. The lowest BCUT2D eigenvalue weighted by molar-refractivity contribution is -0.167. The SMILES string of the molecule is CC/C=C\C/C=C\C/C=C\CCCCCCCCCCCC(=O)OCC(COC(=O)CCCCCCCCC/C=C\CCCCCCCCCC)OC(=O)CCCCCCCCCCC/C=C\C/C=C\C/C=C\CC. The van der Waals surface area contributed by atoms with Gasteiger partial charge in [0.2, 0.25) is 0 Å². The Balaban J connectivity index is 4.39. The quantitative estimate of drug-likeness (QED) is 0.0261. The van der Waals surface area contributed by atoms with Gasteiger partial charge in [-0.2, -0.15) is 0 Å². The van der Waals surface area contributed by atoms with Crippen molar-refractivity contribution in [1.82, 2.24) is 0 Å². The van der Waals surface area contributed by atoms with Crippen molar-refractivity contribution in [3.05, 3.63) is 85.1 Å². The van der Waals surface area contributed by atoms with Crippen molar-refractivity contribution in [3.63, 3.8) is 0 Å². The average molecular weight is 1050 g/mol. The van der Waals surface area contributed by atoms with Gasteiger partial charge in [-0.3, -0.25) is 14.4 Å². The predicted octanol–water partition coefficient (Wildman–Crippen LogP) is 21.9. The maximum absolute atomic E-state index is 12.9. The molecule has 0 heterocycles. The average Bonchev–Trinajstić information content (AvgIpc) is 3.41. The van der Waals surface area contributed by atoms with E-state index in [0.29, 0.717) is 19.3 Å². The van der Waals surface area contributed by atoms with E-state index in [2.05, 4.69) is 106 Å². The molecule has 0 N–H and O–H groups in total. The molecule has 1 atom stereocenters. The highest BCUT2D eigenvalue weighted by molar-refractivity contribution is 5.71. The van der Waals surface area contributed by atoms with Crippen molar-refractivity contribution in [2.45, 2.75) is 322 Å². The summed E-state index contributed by atoms with van der Waals surface area (Å²) >= 11 is 0. The predicted molar refractivity (Wildman–Crippen MR) is 325 cm³/mol. The van der Waals surface area contributed by atoms with E-state index in [1.807, 2.05) is 0 Å². The van der Waals surface area contributed by atoms with Crippen LogP contribution in [0.25, 0.3) is 0 Å². The minimum absolute atomic E-state index is 0.0814. The Morgan fingerprint density at radius 3 is 0.827 bits per heavy atom. The molecule has 0 aliphatic heterocycles. The first-order valence-corrected chi connectivity index (χ1v) is 32.1. The van der Waals surface area contributed by atoms with E-state index in [-0.39, 0.29) is 31.1 Å². The van der Waals surface area contributed by atoms with Gasteiger partial charge in [0, 0.05) is 19.3 Å². The van der Waals surface area contributed by atoms with Gasteiger partial charge in [0.25, 0.3) is 0 Å². The summed E-state index contributed by atoms with van der Waals surface area (Å²) in [5, 5.41) is 0. The fourth-order valence-electron chi connectivity index (χ4n) is 9.12. The van der Waals surface area contributed by atoms with Crippen LogP contribution in [-0.4, -0.2) is 37.2 Å². The monoisotopic (exact) mass is 1040 g/mol. The van der Waals surface area contributed by atoms with E-state index in [9.17, 15) is 14.4 Å². The molecule has 432 valence electrons. The van der Waals surface area contributed by atoms with Crippen LogP contribution in [0.1, 0.15) is 316 Å². The van der Waals surface area contributed by atoms with Crippen LogP contribution in [0.5, 0.6) is 0 Å². The summed E-state index contributed by atoms with van der Waals surface area (Å²) in [4.78, 5) is 38.4. The molecule has 6 nitrogen and oxygen atoms in total. The number of rotatable bonds is 58. The molecule has 0 aliphatic rings. The van der Waals surface area contributed by atoms with Crippen LogP contribution in [0.4, 0.5) is 0 Å². The van der Waals surface area contributed by atoms with Gasteiger partial charge in [-0.15, -0.1) is 0 Å². The zero-order chi connectivity index (χ0) is 54.3. The van der Waals surface area contributed by atoms with Crippen LogP contribution in [-0.2, 0) is 28.6 Å². The zero-order valence-corrected chi connectivity index (χ0v) is 49.6. The molecule has 0 rings (SSSR count). The highest BCUT2D eigenvalue weighted by Crippen LogP contribution is 2.16. The Hall–Kier alpha value is -3.41. The number of unbranched alkanes of at least 4 members (excludes halogenated alkanes) is 33. The second-order valence-corrected chi connectivity index (χ2v) is 21.3. The number of carbonyl (C=O) groups excluding carboxylic acids is 3. The van der Waals surface area contributed by atoms with E-state index in [1.165, 1.54) is 180 Å². The van der Waals surface area contributed by atoms with Crippen LogP contribution in [0.3, 0.4) is 0 Å². The van der Waals surface area contributed by atoms with Gasteiger partial charge in [-0.1, -0.05) is 273 Å². The maximum Gasteiger partial charge on any atom is 0.306 e. The minimum Gasteiger partial charge on any atom is -0.462 e. The van der Waals surface area contributed by atoms with Crippen molar-refractivity contribution < 1.29 is 28.6 Å². The molecule has 0 amide bonds. The minimum atomic E-state index is -0.785. The molecule has 0 saturated carbocycles. The van der Waals surface area contributed by atoms with Gasteiger partial charge in [0.05, 0.1) is 0 Å². The molecule has 0 fully saturated rings. The largest absolute Gasteiger partial charge is 0.462 e. The van der Waals surface area contributed by atoms with Crippen LogP contribution >= 0.6 is 0 Å². The van der Waals surface area contributed by atoms with Gasteiger partial charge >= 0.3 is 17.9 Å². The standard InChI is InChI=1S/C69H120O6/c1-4-7-10-13-16-19-22-25-28-31-34-37-40-43-46-49-52-55-58-61-67(70)73-64-66(75-69(72)63-60-57-54-51-48-45-42-39-36-33-30-27-24-21-18-15-12-9-6-3)65-74-68(71)62-59-56-53-50-47-44-41-38-35-32-29-26-23-20-17-14-11-8-5-2/h7,9-10,12,16,18-19,21,25,27-28,30,32,35,66H,4-6,8,11,13-15,17,20,22-24,26,29,31,33-34,36-65H2,1-3H3/b10-7-,12-9-,19-16-,21-18-,28-25-,30-27-,35-32-. The van der Waals surface area contributed by atoms with Gasteiger partial charge in [-0.05, 0) is 109 Å². The Morgan fingerprint density at radius 2 is 0.520 bits per heavy atom. The number of hydrogen-bond acceptors (Lipinski definition) is 6. The molecule has 75 heavy (non-hydrogen) atoms. The number of carbonyl (C=O) groups is 3. The molecule has 1 unspecified atom stereocenters. The molecule has 0 saturated heterocycles. The Labute approximate surface area is 465 Å². The van der Waals surface area contributed by atoms with Crippen LogP contribution in [0.15, 0.2) is 85.1 Å². The summed E-state index contributed by atoms with van der Waals surface area (Å²) in [7, 11) is 0. The zero-order valence-electron chi connectivity index (χ0n) is 49.6. The topological polar surface area (TPSA) is 78.9 Å². The molecule has 0 aliphatic carbocycles. The smallest absolute Gasteiger partial charge is 0.306 e. The molecule has 0 aromatic carbocycles. The van der Waals surface area contributed by atoms with Crippen LogP contribution in [0.2, 0.25) is 0 Å². The Morgan fingerprint density at radius 1 is 0.280 bits per heavy atom. The number of hydrogen-bond donors (Lipinski definition) is 0. The first-order valence-electron chi connectivity index (χ1n) is 32.1.